The number of rotatable bonds is 4. The van der Waals surface area contributed by atoms with Gasteiger partial charge in [0.25, 0.3) is 5.56 Å². The van der Waals surface area contributed by atoms with Crippen LogP contribution in [0.2, 0.25) is 0 Å². The lowest BCUT2D eigenvalue weighted by Gasteiger charge is -2.28. The second kappa shape index (κ2) is 6.31. The number of ether oxygens (including phenoxy) is 1. The van der Waals surface area contributed by atoms with Gasteiger partial charge in [-0.2, -0.15) is 0 Å². The molecule has 0 N–H and O–H groups in total. The highest BCUT2D eigenvalue weighted by Gasteiger charge is 2.22. The van der Waals surface area contributed by atoms with Crippen LogP contribution in [0.25, 0.3) is 11.2 Å². The van der Waals surface area contributed by atoms with Crippen molar-refractivity contribution in [2.45, 2.75) is 45.3 Å². The maximum atomic E-state index is 12.3. The van der Waals surface area contributed by atoms with Gasteiger partial charge < -0.3 is 9.30 Å². The van der Waals surface area contributed by atoms with Crippen LogP contribution < -0.4 is 11.2 Å². The van der Waals surface area contributed by atoms with Crippen LogP contribution in [0.4, 0.5) is 0 Å². The predicted octanol–water partition coefficient (Wildman–Crippen LogP) is 1.03. The molecule has 0 unspecified atom stereocenters. The minimum absolute atomic E-state index is 0.311. The third-order valence-electron chi connectivity index (χ3n) is 4.91. The quantitative estimate of drug-likeness (QED) is 0.843. The molecule has 0 aromatic carbocycles. The number of fused-ring (bicyclic) bond motifs is 1. The Kier molecular flexibility index (Phi) is 4.39. The second-order valence-corrected chi connectivity index (χ2v) is 6.49. The fourth-order valence-electron chi connectivity index (χ4n) is 3.40. The zero-order valence-electron chi connectivity index (χ0n) is 14.0. The van der Waals surface area contributed by atoms with Crippen molar-refractivity contribution in [3.05, 3.63) is 27.2 Å². The molecular weight excluding hydrogens is 296 g/mol. The summed E-state index contributed by atoms with van der Waals surface area (Å²) in [5, 5.41) is 0. The molecule has 2 aromatic heterocycles. The fraction of sp³-hybridized carbons (Fsp3) is 0.688. The normalized spacial score (nSPS) is 21.9. The third-order valence-corrected chi connectivity index (χ3v) is 4.91. The average molecular weight is 320 g/mol. The molecule has 2 aromatic rings. The highest BCUT2D eigenvalue weighted by Crippen LogP contribution is 2.26. The summed E-state index contributed by atoms with van der Waals surface area (Å²) in [6, 6.07) is 0. The Morgan fingerprint density at radius 2 is 1.96 bits per heavy atom. The molecule has 1 aliphatic rings. The Bertz CT molecular complexity index is 817. The SMILES string of the molecule is C[C@H]1CCCC[C@@H]1OCCn1cnc2c1c(=O)n(C)c(=O)n2C. The van der Waals surface area contributed by atoms with E-state index in [4.69, 9.17) is 4.74 Å². The van der Waals surface area contributed by atoms with Gasteiger partial charge in [-0.25, -0.2) is 9.78 Å². The van der Waals surface area contributed by atoms with Gasteiger partial charge in [-0.3, -0.25) is 13.9 Å². The van der Waals surface area contributed by atoms with Crippen LogP contribution in [-0.2, 0) is 25.4 Å². The summed E-state index contributed by atoms with van der Waals surface area (Å²) < 4.78 is 10.3. The van der Waals surface area contributed by atoms with Crippen molar-refractivity contribution in [2.75, 3.05) is 6.61 Å². The molecule has 23 heavy (non-hydrogen) atoms. The van der Waals surface area contributed by atoms with Crippen LogP contribution >= 0.6 is 0 Å². The molecule has 1 saturated carbocycles. The van der Waals surface area contributed by atoms with E-state index in [0.29, 0.717) is 36.3 Å². The van der Waals surface area contributed by atoms with Crippen molar-refractivity contribution in [1.82, 2.24) is 18.7 Å². The average Bonchev–Trinajstić information content (AvgIpc) is 2.97. The lowest BCUT2D eigenvalue weighted by atomic mass is 9.88. The van der Waals surface area contributed by atoms with Crippen LogP contribution in [0.5, 0.6) is 0 Å². The fourth-order valence-corrected chi connectivity index (χ4v) is 3.40. The molecule has 3 rings (SSSR count). The predicted molar refractivity (Wildman–Crippen MR) is 87.6 cm³/mol. The van der Waals surface area contributed by atoms with Crippen LogP contribution in [0.1, 0.15) is 32.6 Å². The van der Waals surface area contributed by atoms with Gasteiger partial charge in [0, 0.05) is 20.6 Å². The lowest BCUT2D eigenvalue weighted by Crippen LogP contribution is -2.37. The summed E-state index contributed by atoms with van der Waals surface area (Å²) in [6.45, 7) is 3.35. The molecule has 0 saturated heterocycles. The first-order valence-electron chi connectivity index (χ1n) is 8.23. The van der Waals surface area contributed by atoms with Crippen molar-refractivity contribution in [3.8, 4) is 0 Å². The monoisotopic (exact) mass is 320 g/mol. The molecule has 0 radical (unpaired) electrons. The molecule has 0 amide bonds. The maximum absolute atomic E-state index is 12.3. The van der Waals surface area contributed by atoms with Gasteiger partial charge in [-0.15, -0.1) is 0 Å². The van der Waals surface area contributed by atoms with E-state index < -0.39 is 0 Å². The van der Waals surface area contributed by atoms with Crippen LogP contribution in [0.15, 0.2) is 15.9 Å². The van der Waals surface area contributed by atoms with Crippen molar-refractivity contribution >= 4 is 11.2 Å². The molecule has 0 aliphatic heterocycles. The first kappa shape index (κ1) is 16.0. The standard InChI is InChI=1S/C16H24N4O3/c1-11-6-4-5-7-12(11)23-9-8-20-10-17-14-13(20)15(21)19(3)16(22)18(14)2/h10-12H,4-9H2,1-3H3/t11-,12-/m0/s1. The van der Waals surface area contributed by atoms with E-state index in [1.807, 2.05) is 0 Å². The minimum Gasteiger partial charge on any atom is -0.376 e. The van der Waals surface area contributed by atoms with Crippen molar-refractivity contribution in [3.63, 3.8) is 0 Å². The Hall–Kier alpha value is -1.89. The number of hydrogen-bond donors (Lipinski definition) is 0. The lowest BCUT2D eigenvalue weighted by molar-refractivity contribution is -0.00809. The van der Waals surface area contributed by atoms with Gasteiger partial charge in [0.05, 0.1) is 19.0 Å². The first-order chi connectivity index (χ1) is 11.0. The highest BCUT2D eigenvalue weighted by molar-refractivity contribution is 5.69. The van der Waals surface area contributed by atoms with Gasteiger partial charge in [0.15, 0.2) is 11.2 Å². The van der Waals surface area contributed by atoms with Gasteiger partial charge in [0.1, 0.15) is 0 Å². The zero-order valence-corrected chi connectivity index (χ0v) is 14.0. The first-order valence-corrected chi connectivity index (χ1v) is 8.23. The molecular formula is C16H24N4O3. The molecule has 7 heteroatoms. The Morgan fingerprint density at radius 1 is 1.22 bits per heavy atom. The van der Waals surface area contributed by atoms with E-state index in [1.54, 1.807) is 17.9 Å². The van der Waals surface area contributed by atoms with Crippen molar-refractivity contribution in [1.29, 1.82) is 0 Å². The smallest absolute Gasteiger partial charge is 0.332 e. The van der Waals surface area contributed by atoms with Gasteiger partial charge in [0.2, 0.25) is 0 Å². The van der Waals surface area contributed by atoms with E-state index in [1.165, 1.54) is 30.9 Å². The van der Waals surface area contributed by atoms with E-state index in [-0.39, 0.29) is 11.2 Å². The number of nitrogens with zero attached hydrogens (tertiary/aromatic N) is 4. The zero-order chi connectivity index (χ0) is 16.6. The molecule has 126 valence electrons. The van der Waals surface area contributed by atoms with Gasteiger partial charge in [-0.05, 0) is 18.8 Å². The number of aromatic nitrogens is 4. The number of aryl methyl sites for hydroxylation is 1. The van der Waals surface area contributed by atoms with Crippen molar-refractivity contribution < 1.29 is 4.74 Å². The Balaban J connectivity index is 1.79. The summed E-state index contributed by atoms with van der Waals surface area (Å²) in [4.78, 5) is 28.5. The summed E-state index contributed by atoms with van der Waals surface area (Å²) in [5.41, 5.74) is 0.200. The van der Waals surface area contributed by atoms with Crippen molar-refractivity contribution in [2.24, 2.45) is 20.0 Å². The summed E-state index contributed by atoms with van der Waals surface area (Å²) >= 11 is 0. The number of hydrogen-bond acceptors (Lipinski definition) is 4. The van der Waals surface area contributed by atoms with Crippen LogP contribution in [-0.4, -0.2) is 31.4 Å². The summed E-state index contributed by atoms with van der Waals surface area (Å²) in [7, 11) is 3.11. The molecule has 1 aliphatic carbocycles. The summed E-state index contributed by atoms with van der Waals surface area (Å²) in [6.07, 6.45) is 6.77. The largest absolute Gasteiger partial charge is 0.376 e. The second-order valence-electron chi connectivity index (χ2n) is 6.49. The Morgan fingerprint density at radius 3 is 2.70 bits per heavy atom. The molecule has 2 atom stereocenters. The van der Waals surface area contributed by atoms with Crippen LogP contribution in [0.3, 0.4) is 0 Å². The van der Waals surface area contributed by atoms with E-state index in [2.05, 4.69) is 11.9 Å². The van der Waals surface area contributed by atoms with Gasteiger partial charge in [-0.1, -0.05) is 19.8 Å². The molecule has 7 nitrogen and oxygen atoms in total. The molecule has 0 spiro atoms. The molecule has 0 bridgehead atoms. The summed E-state index contributed by atoms with van der Waals surface area (Å²) in [5.74, 6) is 0.594. The maximum Gasteiger partial charge on any atom is 0.332 e. The number of imidazole rings is 1. The molecule has 2 heterocycles. The van der Waals surface area contributed by atoms with E-state index >= 15 is 0 Å². The van der Waals surface area contributed by atoms with Crippen LogP contribution in [0, 0.1) is 5.92 Å². The van der Waals surface area contributed by atoms with E-state index in [0.717, 1.165) is 11.0 Å². The minimum atomic E-state index is -0.361. The molecule has 1 fully saturated rings. The Labute approximate surface area is 134 Å². The third kappa shape index (κ3) is 2.85. The highest BCUT2D eigenvalue weighted by atomic mass is 16.5. The van der Waals surface area contributed by atoms with Gasteiger partial charge >= 0.3 is 5.69 Å². The van der Waals surface area contributed by atoms with E-state index in [9.17, 15) is 9.59 Å². The topological polar surface area (TPSA) is 71.1 Å².